The van der Waals surface area contributed by atoms with Gasteiger partial charge in [0.2, 0.25) is 0 Å². The Morgan fingerprint density at radius 3 is 2.35 bits per heavy atom. The van der Waals surface area contributed by atoms with Gasteiger partial charge < -0.3 is 24.8 Å². The summed E-state index contributed by atoms with van der Waals surface area (Å²) in [5.41, 5.74) is 3.95. The largest absolute Gasteiger partial charge is 0.508 e. The number of amides is 1. The van der Waals surface area contributed by atoms with E-state index < -0.39 is 5.97 Å². The number of hydrogen-bond donors (Lipinski definition) is 3. The third-order valence-corrected chi connectivity index (χ3v) is 8.09. The molecule has 40 heavy (non-hydrogen) atoms. The molecule has 0 bridgehead atoms. The van der Waals surface area contributed by atoms with Crippen molar-refractivity contribution in [1.82, 2.24) is 14.4 Å². The summed E-state index contributed by atoms with van der Waals surface area (Å²) >= 11 is 0. The number of phenolic OH excluding ortho intramolecular Hbond substituents is 2. The molecule has 9 heteroatoms. The molecule has 2 aromatic carbocycles. The van der Waals surface area contributed by atoms with Crippen LogP contribution < -0.4 is 5.56 Å². The minimum Gasteiger partial charge on any atom is -0.508 e. The number of carboxylic acid groups (broad SMARTS) is 1. The van der Waals surface area contributed by atoms with Gasteiger partial charge in [-0.15, -0.1) is 0 Å². The molecule has 210 valence electrons. The summed E-state index contributed by atoms with van der Waals surface area (Å²) in [4.78, 5) is 40.8. The molecule has 9 nitrogen and oxygen atoms in total. The number of carboxylic acids is 1. The number of phenols is 2. The number of piperidine rings is 1. The predicted molar refractivity (Wildman–Crippen MR) is 150 cm³/mol. The van der Waals surface area contributed by atoms with Gasteiger partial charge in [-0.3, -0.25) is 14.5 Å². The monoisotopic (exact) mass is 545 g/mol. The van der Waals surface area contributed by atoms with E-state index in [2.05, 4.69) is 23.1 Å². The average Bonchev–Trinajstić information content (AvgIpc) is 3.34. The molecule has 0 spiro atoms. The lowest BCUT2D eigenvalue weighted by Crippen LogP contribution is -2.36. The molecule has 1 aromatic heterocycles. The van der Waals surface area contributed by atoms with Crippen molar-refractivity contribution in [3.05, 3.63) is 92.4 Å². The second kappa shape index (κ2) is 11.2. The zero-order valence-corrected chi connectivity index (χ0v) is 22.8. The summed E-state index contributed by atoms with van der Waals surface area (Å²) in [6.45, 7) is 8.01. The van der Waals surface area contributed by atoms with E-state index in [1.807, 2.05) is 13.8 Å². The van der Waals surface area contributed by atoms with E-state index in [-0.39, 0.29) is 40.0 Å². The molecule has 0 unspecified atom stereocenters. The minimum atomic E-state index is -1.10. The van der Waals surface area contributed by atoms with Crippen LogP contribution >= 0.6 is 0 Å². The molecule has 0 aliphatic carbocycles. The fourth-order valence-corrected chi connectivity index (χ4v) is 5.74. The fourth-order valence-electron chi connectivity index (χ4n) is 5.74. The highest BCUT2D eigenvalue weighted by atomic mass is 16.4. The molecule has 1 saturated heterocycles. The van der Waals surface area contributed by atoms with E-state index in [0.29, 0.717) is 31.1 Å². The summed E-state index contributed by atoms with van der Waals surface area (Å²) in [5, 5.41) is 29.6. The Bertz CT molecular complexity index is 1500. The standard InChI is InChI=1S/C31H35N3O6/c1-19(2)25-13-26(28(36)14-27(25)35)30(38)34-17-23-4-3-21(11-24(23)18-34)15-32-8-5-20(6-9-32)16-33-10-7-22(31(39)40)12-29(33)37/h3-4,7,10-14,19-20,35-36H,5-6,8-9,15-18H2,1-2H3,(H,39,40). The normalized spacial score (nSPS) is 15.9. The number of pyridine rings is 1. The van der Waals surface area contributed by atoms with Crippen molar-refractivity contribution >= 4 is 11.9 Å². The molecule has 1 amide bonds. The van der Waals surface area contributed by atoms with E-state index >= 15 is 0 Å². The average molecular weight is 546 g/mol. The molecule has 2 aliphatic rings. The number of benzene rings is 2. The van der Waals surface area contributed by atoms with Gasteiger partial charge in [0.15, 0.2) is 0 Å². The van der Waals surface area contributed by atoms with Crippen LogP contribution in [0.1, 0.15) is 75.6 Å². The quantitative estimate of drug-likeness (QED) is 0.408. The highest BCUT2D eigenvalue weighted by molar-refractivity contribution is 5.97. The molecular formula is C31H35N3O6. The van der Waals surface area contributed by atoms with Crippen LogP contribution in [0.4, 0.5) is 0 Å². The van der Waals surface area contributed by atoms with E-state index in [1.54, 1.807) is 21.7 Å². The molecule has 0 saturated carbocycles. The van der Waals surface area contributed by atoms with Crippen LogP contribution in [0.5, 0.6) is 11.5 Å². The van der Waals surface area contributed by atoms with Crippen LogP contribution in [-0.2, 0) is 26.2 Å². The number of aromatic hydroxyl groups is 2. The van der Waals surface area contributed by atoms with Crippen LogP contribution in [0.25, 0.3) is 0 Å². The Hall–Kier alpha value is -4.11. The van der Waals surface area contributed by atoms with Crippen LogP contribution in [0.15, 0.2) is 53.5 Å². The van der Waals surface area contributed by atoms with Crippen LogP contribution in [-0.4, -0.2) is 54.7 Å². The summed E-state index contributed by atoms with van der Waals surface area (Å²) in [6.07, 6.45) is 3.48. The van der Waals surface area contributed by atoms with Crippen molar-refractivity contribution in [2.45, 2.75) is 58.8 Å². The molecule has 3 aromatic rings. The highest BCUT2D eigenvalue weighted by Crippen LogP contribution is 2.34. The second-order valence-corrected chi connectivity index (χ2v) is 11.3. The Morgan fingerprint density at radius 2 is 1.68 bits per heavy atom. The summed E-state index contributed by atoms with van der Waals surface area (Å²) < 4.78 is 1.60. The number of aromatic carboxylic acids is 1. The lowest BCUT2D eigenvalue weighted by Gasteiger charge is -2.32. The maximum absolute atomic E-state index is 13.3. The lowest BCUT2D eigenvalue weighted by atomic mass is 9.96. The zero-order valence-electron chi connectivity index (χ0n) is 22.8. The molecule has 0 atom stereocenters. The topological polar surface area (TPSA) is 123 Å². The molecule has 2 aliphatic heterocycles. The molecule has 3 heterocycles. The van der Waals surface area contributed by atoms with Crippen LogP contribution in [0.2, 0.25) is 0 Å². The van der Waals surface area contributed by atoms with Gasteiger partial charge in [-0.05, 0) is 72.2 Å². The molecule has 3 N–H and O–H groups in total. The van der Waals surface area contributed by atoms with Crippen molar-refractivity contribution in [1.29, 1.82) is 0 Å². The zero-order chi connectivity index (χ0) is 28.6. The summed E-state index contributed by atoms with van der Waals surface area (Å²) in [6, 6.07) is 11.8. The van der Waals surface area contributed by atoms with Gasteiger partial charge in [0.25, 0.3) is 11.5 Å². The maximum Gasteiger partial charge on any atom is 0.335 e. The first-order valence-corrected chi connectivity index (χ1v) is 13.7. The first-order valence-electron chi connectivity index (χ1n) is 13.7. The van der Waals surface area contributed by atoms with Crippen LogP contribution in [0, 0.1) is 5.92 Å². The van der Waals surface area contributed by atoms with Gasteiger partial charge >= 0.3 is 5.97 Å². The third-order valence-electron chi connectivity index (χ3n) is 8.09. The molecule has 0 radical (unpaired) electrons. The van der Waals surface area contributed by atoms with Crippen molar-refractivity contribution in [2.75, 3.05) is 13.1 Å². The number of carbonyl (C=O) groups excluding carboxylic acids is 1. The summed E-state index contributed by atoms with van der Waals surface area (Å²) in [7, 11) is 0. The first kappa shape index (κ1) is 27.5. The van der Waals surface area contributed by atoms with Gasteiger partial charge in [0, 0.05) is 44.5 Å². The number of aromatic nitrogens is 1. The number of rotatable bonds is 7. The first-order chi connectivity index (χ1) is 19.1. The minimum absolute atomic E-state index is 0.00858. The second-order valence-electron chi connectivity index (χ2n) is 11.3. The Labute approximate surface area is 232 Å². The van der Waals surface area contributed by atoms with Crippen molar-refractivity contribution < 1.29 is 24.9 Å². The van der Waals surface area contributed by atoms with Gasteiger partial charge in [-0.25, -0.2) is 4.79 Å². The maximum atomic E-state index is 13.3. The Balaban J connectivity index is 1.17. The number of nitrogens with zero attached hydrogens (tertiary/aromatic N) is 3. The van der Waals surface area contributed by atoms with Crippen LogP contribution in [0.3, 0.4) is 0 Å². The van der Waals surface area contributed by atoms with Gasteiger partial charge in [0.1, 0.15) is 11.5 Å². The smallest absolute Gasteiger partial charge is 0.335 e. The number of carbonyl (C=O) groups is 2. The van der Waals surface area contributed by atoms with Crippen molar-refractivity contribution in [3.8, 4) is 11.5 Å². The Kier molecular flexibility index (Phi) is 7.67. The number of likely N-dealkylation sites (tertiary alicyclic amines) is 1. The summed E-state index contributed by atoms with van der Waals surface area (Å²) in [5.74, 6) is -1.20. The van der Waals surface area contributed by atoms with Gasteiger partial charge in [0.05, 0.1) is 11.1 Å². The fraction of sp³-hybridized carbons (Fsp3) is 0.387. The highest BCUT2D eigenvalue weighted by Gasteiger charge is 2.28. The van der Waals surface area contributed by atoms with E-state index in [0.717, 1.165) is 43.6 Å². The molecular weight excluding hydrogens is 510 g/mol. The Morgan fingerprint density at radius 1 is 0.950 bits per heavy atom. The van der Waals surface area contributed by atoms with E-state index in [9.17, 15) is 24.6 Å². The van der Waals surface area contributed by atoms with Gasteiger partial charge in [-0.2, -0.15) is 0 Å². The predicted octanol–water partition coefficient (Wildman–Crippen LogP) is 4.15. The number of fused-ring (bicyclic) bond motifs is 1. The molecule has 5 rings (SSSR count). The molecule has 1 fully saturated rings. The van der Waals surface area contributed by atoms with E-state index in [1.165, 1.54) is 23.8 Å². The number of hydrogen-bond acceptors (Lipinski definition) is 6. The SMILES string of the molecule is CC(C)c1cc(C(=O)N2Cc3ccc(CN4CCC(Cn5ccc(C(=O)O)cc5=O)CC4)cc3C2)c(O)cc1O. The van der Waals surface area contributed by atoms with Crippen molar-refractivity contribution in [3.63, 3.8) is 0 Å². The van der Waals surface area contributed by atoms with Gasteiger partial charge in [-0.1, -0.05) is 32.0 Å². The van der Waals surface area contributed by atoms with Crippen molar-refractivity contribution in [2.24, 2.45) is 5.92 Å². The lowest BCUT2D eigenvalue weighted by molar-refractivity contribution is 0.0695. The van der Waals surface area contributed by atoms with E-state index in [4.69, 9.17) is 5.11 Å². The third kappa shape index (κ3) is 5.74.